The van der Waals surface area contributed by atoms with Crippen molar-refractivity contribution in [3.8, 4) is 0 Å². The second kappa shape index (κ2) is 3.89. The number of hydrogen-bond donors (Lipinski definition) is 1. The Hall–Kier alpha value is -1.97. The number of aromatic amines is 1. The predicted molar refractivity (Wildman–Crippen MR) is 61.5 cm³/mol. The van der Waals surface area contributed by atoms with Crippen LogP contribution in [0, 0.1) is 5.92 Å². The van der Waals surface area contributed by atoms with Crippen LogP contribution >= 0.6 is 0 Å². The van der Waals surface area contributed by atoms with Crippen LogP contribution in [0.5, 0.6) is 0 Å². The molecule has 0 atom stereocenters. The number of ketones is 1. The average molecular weight is 216 g/mol. The van der Waals surface area contributed by atoms with Crippen molar-refractivity contribution in [2.24, 2.45) is 5.92 Å². The van der Waals surface area contributed by atoms with Crippen molar-refractivity contribution in [2.45, 2.75) is 13.8 Å². The Kier molecular flexibility index (Phi) is 2.56. The first kappa shape index (κ1) is 10.5. The van der Waals surface area contributed by atoms with Crippen molar-refractivity contribution in [1.82, 2.24) is 9.97 Å². The van der Waals surface area contributed by atoms with Crippen LogP contribution in [0.25, 0.3) is 11.0 Å². The first-order chi connectivity index (χ1) is 7.59. The summed E-state index contributed by atoms with van der Waals surface area (Å²) < 4.78 is 0. The van der Waals surface area contributed by atoms with Gasteiger partial charge in [-0.05, 0) is 12.1 Å². The van der Waals surface area contributed by atoms with E-state index in [0.29, 0.717) is 11.0 Å². The molecule has 4 heteroatoms. The number of fused-ring (bicyclic) bond motifs is 1. The molecule has 1 aromatic carbocycles. The lowest BCUT2D eigenvalue weighted by molar-refractivity contribution is 0.0933. The Morgan fingerprint density at radius 1 is 1.31 bits per heavy atom. The molecule has 0 saturated carbocycles. The number of Topliss-reactive ketones (excluding diaryl/α,β-unsaturated/α-hetero) is 1. The second-order valence-electron chi connectivity index (χ2n) is 3.95. The zero-order chi connectivity index (χ0) is 11.7. The first-order valence-electron chi connectivity index (χ1n) is 5.13. The van der Waals surface area contributed by atoms with Crippen LogP contribution in [0.15, 0.2) is 29.1 Å². The van der Waals surface area contributed by atoms with Gasteiger partial charge in [0.25, 0.3) is 5.56 Å². The predicted octanol–water partition coefficient (Wildman–Crippen LogP) is 1.76. The van der Waals surface area contributed by atoms with Gasteiger partial charge < -0.3 is 4.98 Å². The Bertz CT molecular complexity index is 599. The quantitative estimate of drug-likeness (QED) is 0.778. The number of hydrogen-bond acceptors (Lipinski definition) is 3. The molecule has 82 valence electrons. The molecule has 4 nitrogen and oxygen atoms in total. The summed E-state index contributed by atoms with van der Waals surface area (Å²) in [6.45, 7) is 3.50. The number of carbonyl (C=O) groups excluding carboxylic acids is 1. The largest absolute Gasteiger partial charge is 0.319 e. The second-order valence-corrected chi connectivity index (χ2v) is 3.95. The van der Waals surface area contributed by atoms with Gasteiger partial charge in [0.05, 0.1) is 11.0 Å². The van der Waals surface area contributed by atoms with Gasteiger partial charge in [-0.2, -0.15) is 0 Å². The Balaban J connectivity index is 2.68. The van der Waals surface area contributed by atoms with Crippen LogP contribution in [0.2, 0.25) is 0 Å². The van der Waals surface area contributed by atoms with Gasteiger partial charge in [-0.3, -0.25) is 9.59 Å². The zero-order valence-corrected chi connectivity index (χ0v) is 9.15. The Morgan fingerprint density at radius 2 is 2.00 bits per heavy atom. The highest BCUT2D eigenvalue weighted by molar-refractivity contribution is 5.96. The van der Waals surface area contributed by atoms with Gasteiger partial charge in [-0.25, -0.2) is 4.98 Å². The highest BCUT2D eigenvalue weighted by Crippen LogP contribution is 2.08. The SMILES string of the molecule is CC(C)C(=O)c1nc2ccccc2[nH]c1=O. The fourth-order valence-corrected chi connectivity index (χ4v) is 1.47. The molecular weight excluding hydrogens is 204 g/mol. The normalized spacial score (nSPS) is 10.9. The summed E-state index contributed by atoms with van der Waals surface area (Å²) in [6, 6.07) is 7.15. The molecule has 2 rings (SSSR count). The number of nitrogens with one attached hydrogen (secondary N) is 1. The van der Waals surface area contributed by atoms with Crippen LogP contribution < -0.4 is 5.56 Å². The minimum Gasteiger partial charge on any atom is -0.319 e. The lowest BCUT2D eigenvalue weighted by atomic mass is 10.1. The van der Waals surface area contributed by atoms with Crippen molar-refractivity contribution in [3.05, 3.63) is 40.3 Å². The number of benzene rings is 1. The highest BCUT2D eigenvalue weighted by atomic mass is 16.1. The molecule has 0 fully saturated rings. The maximum absolute atomic E-state index is 11.7. The van der Waals surface area contributed by atoms with Crippen molar-refractivity contribution >= 4 is 16.8 Å². The van der Waals surface area contributed by atoms with E-state index in [2.05, 4.69) is 9.97 Å². The summed E-state index contributed by atoms with van der Waals surface area (Å²) in [5.74, 6) is -0.457. The number of carbonyl (C=O) groups is 1. The van der Waals surface area contributed by atoms with Gasteiger partial charge in [-0.15, -0.1) is 0 Å². The van der Waals surface area contributed by atoms with E-state index in [1.165, 1.54) is 0 Å². The molecule has 0 aliphatic rings. The van der Waals surface area contributed by atoms with E-state index in [9.17, 15) is 9.59 Å². The molecule has 0 saturated heterocycles. The van der Waals surface area contributed by atoms with Crippen molar-refractivity contribution in [3.63, 3.8) is 0 Å². The molecular formula is C12H12N2O2. The highest BCUT2D eigenvalue weighted by Gasteiger charge is 2.16. The van der Waals surface area contributed by atoms with Gasteiger partial charge in [0.2, 0.25) is 0 Å². The molecule has 0 aliphatic carbocycles. The summed E-state index contributed by atoms with van der Waals surface area (Å²) in [5.41, 5.74) is 0.852. The summed E-state index contributed by atoms with van der Waals surface area (Å²) in [5, 5.41) is 0. The first-order valence-corrected chi connectivity index (χ1v) is 5.13. The average Bonchev–Trinajstić information content (AvgIpc) is 2.27. The smallest absolute Gasteiger partial charge is 0.278 e. The third kappa shape index (κ3) is 1.74. The van der Waals surface area contributed by atoms with Gasteiger partial charge in [0, 0.05) is 5.92 Å². The van der Waals surface area contributed by atoms with Crippen molar-refractivity contribution in [1.29, 1.82) is 0 Å². The van der Waals surface area contributed by atoms with E-state index < -0.39 is 5.56 Å². The van der Waals surface area contributed by atoms with E-state index in [1.807, 2.05) is 12.1 Å². The van der Waals surface area contributed by atoms with E-state index in [0.717, 1.165) is 0 Å². The zero-order valence-electron chi connectivity index (χ0n) is 9.15. The molecule has 1 heterocycles. The summed E-state index contributed by atoms with van der Waals surface area (Å²) in [4.78, 5) is 30.1. The molecule has 16 heavy (non-hydrogen) atoms. The van der Waals surface area contributed by atoms with Crippen LogP contribution in [0.1, 0.15) is 24.3 Å². The summed E-state index contributed by atoms with van der Waals surface area (Å²) >= 11 is 0. The van der Waals surface area contributed by atoms with Crippen LogP contribution in [0.4, 0.5) is 0 Å². The Labute approximate surface area is 92.3 Å². The molecule has 0 aliphatic heterocycles. The topological polar surface area (TPSA) is 62.8 Å². The third-order valence-corrected chi connectivity index (χ3v) is 2.36. The number of aromatic nitrogens is 2. The molecule has 0 radical (unpaired) electrons. The van der Waals surface area contributed by atoms with Gasteiger partial charge >= 0.3 is 0 Å². The molecule has 0 spiro atoms. The van der Waals surface area contributed by atoms with E-state index in [-0.39, 0.29) is 17.4 Å². The lowest BCUT2D eigenvalue weighted by Gasteiger charge is -2.03. The minimum absolute atomic E-state index is 0.00583. The van der Waals surface area contributed by atoms with Gasteiger partial charge in [0.1, 0.15) is 0 Å². The number of rotatable bonds is 2. The van der Waals surface area contributed by atoms with Crippen LogP contribution in [-0.4, -0.2) is 15.8 Å². The van der Waals surface area contributed by atoms with Gasteiger partial charge in [0.15, 0.2) is 11.5 Å². The maximum atomic E-state index is 11.7. The van der Waals surface area contributed by atoms with Crippen LogP contribution in [0.3, 0.4) is 0 Å². The molecule has 0 unspecified atom stereocenters. The third-order valence-electron chi connectivity index (χ3n) is 2.36. The van der Waals surface area contributed by atoms with Crippen molar-refractivity contribution in [2.75, 3.05) is 0 Å². The molecule has 0 amide bonds. The molecule has 0 bridgehead atoms. The molecule has 1 aromatic heterocycles. The fourth-order valence-electron chi connectivity index (χ4n) is 1.47. The summed E-state index contributed by atoms with van der Waals surface area (Å²) in [7, 11) is 0. The number of nitrogens with zero attached hydrogens (tertiary/aromatic N) is 1. The van der Waals surface area contributed by atoms with E-state index >= 15 is 0 Å². The van der Waals surface area contributed by atoms with Crippen molar-refractivity contribution < 1.29 is 4.79 Å². The monoisotopic (exact) mass is 216 g/mol. The van der Waals surface area contributed by atoms with E-state index in [1.54, 1.807) is 26.0 Å². The molecule has 1 N–H and O–H groups in total. The lowest BCUT2D eigenvalue weighted by Crippen LogP contribution is -2.23. The number of H-pyrrole nitrogens is 1. The number of para-hydroxylation sites is 2. The molecule has 2 aromatic rings. The van der Waals surface area contributed by atoms with E-state index in [4.69, 9.17) is 0 Å². The summed E-state index contributed by atoms with van der Waals surface area (Å²) in [6.07, 6.45) is 0. The standard InChI is InChI=1S/C12H12N2O2/c1-7(2)11(15)10-12(16)14-9-6-4-3-5-8(9)13-10/h3-7H,1-2H3,(H,14,16). The van der Waals surface area contributed by atoms with Crippen LogP contribution in [-0.2, 0) is 0 Å². The Morgan fingerprint density at radius 3 is 2.69 bits per heavy atom. The maximum Gasteiger partial charge on any atom is 0.278 e. The fraction of sp³-hybridized carbons (Fsp3) is 0.250. The van der Waals surface area contributed by atoms with Gasteiger partial charge in [-0.1, -0.05) is 26.0 Å². The minimum atomic E-state index is -0.419.